The minimum atomic E-state index is -0.666. The van der Waals surface area contributed by atoms with E-state index in [1.54, 1.807) is 19.1 Å². The quantitative estimate of drug-likeness (QED) is 0.529. The number of benzene rings is 2. The summed E-state index contributed by atoms with van der Waals surface area (Å²) >= 11 is 5.07. The molecule has 0 aromatic heterocycles. The van der Waals surface area contributed by atoms with Crippen LogP contribution in [0.25, 0.3) is 0 Å². The van der Waals surface area contributed by atoms with Crippen molar-refractivity contribution < 1.29 is 13.7 Å². The van der Waals surface area contributed by atoms with E-state index in [1.807, 2.05) is 0 Å². The molecule has 1 N–H and O–H groups in total. The minimum absolute atomic E-state index is 0.0719. The van der Waals surface area contributed by atoms with Crippen LogP contribution in [0.2, 0.25) is 0 Å². The van der Waals surface area contributed by atoms with Crippen LogP contribution < -0.4 is 5.32 Å². The van der Waals surface area contributed by atoms with Gasteiger partial charge in [0, 0.05) is 23.3 Å². The van der Waals surface area contributed by atoms with Crippen LogP contribution in [0.15, 0.2) is 36.4 Å². The third-order valence-electron chi connectivity index (χ3n) is 2.84. The van der Waals surface area contributed by atoms with E-state index in [2.05, 4.69) is 5.32 Å². The summed E-state index contributed by atoms with van der Waals surface area (Å²) in [5.41, 5.74) is 0.633. The van der Waals surface area contributed by atoms with Gasteiger partial charge in [-0.25, -0.2) is 8.78 Å². The first-order chi connectivity index (χ1) is 9.88. The summed E-state index contributed by atoms with van der Waals surface area (Å²) in [6.07, 6.45) is 0. The Morgan fingerprint density at radius 1 is 1.24 bits per heavy atom. The molecule has 0 heterocycles. The Hall–Kier alpha value is -2.41. The highest BCUT2D eigenvalue weighted by Gasteiger charge is 2.14. The fourth-order valence-electron chi connectivity index (χ4n) is 1.74. The van der Waals surface area contributed by atoms with Gasteiger partial charge < -0.3 is 5.32 Å². The Kier molecular flexibility index (Phi) is 4.23. The van der Waals surface area contributed by atoms with E-state index in [-0.39, 0.29) is 16.4 Å². The molecular formula is C14H10F2N2O2S. The SMILES string of the molecule is Cc1ccc(C(=S)Nc2cc(F)ccc2F)cc1[N+](=O)[O-]. The molecule has 0 bridgehead atoms. The van der Waals surface area contributed by atoms with Crippen LogP contribution >= 0.6 is 12.2 Å². The fourth-order valence-corrected chi connectivity index (χ4v) is 1.97. The molecule has 4 nitrogen and oxygen atoms in total. The van der Waals surface area contributed by atoms with Gasteiger partial charge in [-0.15, -0.1) is 0 Å². The molecule has 2 rings (SSSR count). The van der Waals surface area contributed by atoms with Crippen LogP contribution in [0.1, 0.15) is 11.1 Å². The van der Waals surface area contributed by atoms with E-state index in [0.717, 1.165) is 18.2 Å². The lowest BCUT2D eigenvalue weighted by atomic mass is 10.1. The smallest absolute Gasteiger partial charge is 0.273 e. The Bertz CT molecular complexity index is 735. The summed E-state index contributed by atoms with van der Waals surface area (Å²) in [5.74, 6) is -1.28. The molecule has 0 aliphatic heterocycles. The van der Waals surface area contributed by atoms with Gasteiger partial charge >= 0.3 is 0 Å². The van der Waals surface area contributed by atoms with Crippen LogP contribution in [0.3, 0.4) is 0 Å². The number of rotatable bonds is 3. The first-order valence-electron chi connectivity index (χ1n) is 5.90. The molecular weight excluding hydrogens is 298 g/mol. The second-order valence-corrected chi connectivity index (χ2v) is 4.74. The van der Waals surface area contributed by atoms with Gasteiger partial charge in [-0.3, -0.25) is 10.1 Å². The lowest BCUT2D eigenvalue weighted by Crippen LogP contribution is -2.12. The molecule has 0 aliphatic rings. The molecule has 0 fully saturated rings. The van der Waals surface area contributed by atoms with E-state index in [1.165, 1.54) is 6.07 Å². The topological polar surface area (TPSA) is 55.2 Å². The lowest BCUT2D eigenvalue weighted by Gasteiger charge is -2.09. The van der Waals surface area contributed by atoms with Gasteiger partial charge in [-0.2, -0.15) is 0 Å². The third kappa shape index (κ3) is 3.38. The zero-order chi connectivity index (χ0) is 15.6. The van der Waals surface area contributed by atoms with Crippen LogP contribution in [-0.2, 0) is 0 Å². The molecule has 0 saturated carbocycles. The van der Waals surface area contributed by atoms with Crippen LogP contribution in [-0.4, -0.2) is 9.91 Å². The molecule has 7 heteroatoms. The number of anilines is 1. The molecule has 2 aromatic rings. The number of halogens is 2. The number of hydrogen-bond donors (Lipinski definition) is 1. The highest BCUT2D eigenvalue weighted by atomic mass is 32.1. The number of aryl methyl sites for hydroxylation is 1. The van der Waals surface area contributed by atoms with Crippen molar-refractivity contribution in [2.45, 2.75) is 6.92 Å². The van der Waals surface area contributed by atoms with E-state index >= 15 is 0 Å². The molecule has 0 aliphatic carbocycles. The molecule has 0 unspecified atom stereocenters. The first kappa shape index (κ1) is 15.0. The van der Waals surface area contributed by atoms with Gasteiger partial charge in [-0.05, 0) is 19.1 Å². The van der Waals surface area contributed by atoms with Crippen molar-refractivity contribution in [3.05, 3.63) is 69.3 Å². The Balaban J connectivity index is 2.30. The van der Waals surface area contributed by atoms with Gasteiger partial charge in [0.15, 0.2) is 0 Å². The molecule has 21 heavy (non-hydrogen) atoms. The third-order valence-corrected chi connectivity index (χ3v) is 3.18. The van der Waals surface area contributed by atoms with Gasteiger partial charge in [0.25, 0.3) is 5.69 Å². The second kappa shape index (κ2) is 5.92. The largest absolute Gasteiger partial charge is 0.344 e. The average molecular weight is 308 g/mol. The van der Waals surface area contributed by atoms with Gasteiger partial charge in [-0.1, -0.05) is 24.4 Å². The van der Waals surface area contributed by atoms with Crippen molar-refractivity contribution in [1.29, 1.82) is 0 Å². The van der Waals surface area contributed by atoms with Gasteiger partial charge in [0.05, 0.1) is 10.6 Å². The van der Waals surface area contributed by atoms with Crippen molar-refractivity contribution in [3.8, 4) is 0 Å². The number of nitrogens with one attached hydrogen (secondary N) is 1. The summed E-state index contributed by atoms with van der Waals surface area (Å²) in [4.78, 5) is 10.4. The maximum atomic E-state index is 13.5. The molecule has 0 spiro atoms. The van der Waals surface area contributed by atoms with Crippen LogP contribution in [0.4, 0.5) is 20.2 Å². The van der Waals surface area contributed by atoms with E-state index in [9.17, 15) is 18.9 Å². The summed E-state index contributed by atoms with van der Waals surface area (Å²) in [6, 6.07) is 7.34. The number of thiocarbonyl (C=S) groups is 1. The second-order valence-electron chi connectivity index (χ2n) is 4.34. The molecule has 108 valence electrons. The lowest BCUT2D eigenvalue weighted by molar-refractivity contribution is -0.385. The zero-order valence-electron chi connectivity index (χ0n) is 10.9. The van der Waals surface area contributed by atoms with Crippen molar-refractivity contribution in [2.75, 3.05) is 5.32 Å². The van der Waals surface area contributed by atoms with Crippen molar-refractivity contribution in [3.63, 3.8) is 0 Å². The number of nitro groups is 1. The molecule has 2 aromatic carbocycles. The number of nitrogens with zero attached hydrogens (tertiary/aromatic N) is 1. The summed E-state index contributed by atoms with van der Waals surface area (Å²) in [7, 11) is 0. The number of nitro benzene ring substituents is 1. The molecule has 0 saturated heterocycles. The predicted octanol–water partition coefficient (Wildman–Crippen LogP) is 3.97. The minimum Gasteiger partial charge on any atom is -0.344 e. The highest BCUT2D eigenvalue weighted by Crippen LogP contribution is 2.21. The molecule has 0 radical (unpaired) electrons. The fraction of sp³-hybridized carbons (Fsp3) is 0.0714. The Morgan fingerprint density at radius 3 is 2.62 bits per heavy atom. The number of hydrogen-bond acceptors (Lipinski definition) is 3. The summed E-state index contributed by atoms with van der Waals surface area (Å²) in [5, 5.41) is 13.4. The summed E-state index contributed by atoms with van der Waals surface area (Å²) in [6.45, 7) is 1.60. The summed E-state index contributed by atoms with van der Waals surface area (Å²) < 4.78 is 26.6. The normalized spacial score (nSPS) is 10.2. The molecule has 0 atom stereocenters. The Labute approximate surface area is 124 Å². The zero-order valence-corrected chi connectivity index (χ0v) is 11.7. The van der Waals surface area contributed by atoms with Gasteiger partial charge in [0.1, 0.15) is 16.6 Å². The van der Waals surface area contributed by atoms with E-state index in [4.69, 9.17) is 12.2 Å². The maximum Gasteiger partial charge on any atom is 0.273 e. The van der Waals surface area contributed by atoms with E-state index in [0.29, 0.717) is 11.1 Å². The van der Waals surface area contributed by atoms with Crippen LogP contribution in [0, 0.1) is 28.7 Å². The highest BCUT2D eigenvalue weighted by molar-refractivity contribution is 7.81. The maximum absolute atomic E-state index is 13.5. The Morgan fingerprint density at radius 2 is 1.95 bits per heavy atom. The first-order valence-corrected chi connectivity index (χ1v) is 6.31. The monoisotopic (exact) mass is 308 g/mol. The van der Waals surface area contributed by atoms with Crippen molar-refractivity contribution >= 4 is 28.6 Å². The standard InChI is InChI=1S/C14H10F2N2O2S/c1-8-2-3-9(6-13(8)18(19)20)14(21)17-12-7-10(15)4-5-11(12)16/h2-7H,1H3,(H,17,21). The van der Waals surface area contributed by atoms with E-state index < -0.39 is 16.6 Å². The van der Waals surface area contributed by atoms with Crippen molar-refractivity contribution in [1.82, 2.24) is 0 Å². The van der Waals surface area contributed by atoms with Gasteiger partial charge in [0.2, 0.25) is 0 Å². The predicted molar refractivity (Wildman–Crippen MR) is 79.5 cm³/mol. The molecule has 0 amide bonds. The average Bonchev–Trinajstić information content (AvgIpc) is 2.43. The van der Waals surface area contributed by atoms with Crippen molar-refractivity contribution in [2.24, 2.45) is 0 Å². The van der Waals surface area contributed by atoms with Crippen LogP contribution in [0.5, 0.6) is 0 Å².